The van der Waals surface area contributed by atoms with Crippen molar-refractivity contribution in [3.8, 4) is 0 Å². The minimum absolute atomic E-state index is 0. The number of hydrogen-bond acceptors (Lipinski definition) is 5. The third-order valence-corrected chi connectivity index (χ3v) is 3.05. The van der Waals surface area contributed by atoms with Gasteiger partial charge in [-0.3, -0.25) is 10.1 Å². The van der Waals surface area contributed by atoms with Gasteiger partial charge >= 0.3 is 5.97 Å². The summed E-state index contributed by atoms with van der Waals surface area (Å²) in [4.78, 5) is 21.3. The van der Waals surface area contributed by atoms with Crippen molar-refractivity contribution in [1.82, 2.24) is 0 Å². The number of hydrogen-bond donors (Lipinski definition) is 1. The number of ether oxygens (including phenoxy) is 1. The molecule has 0 saturated carbocycles. The molecule has 0 aliphatic rings. The molecule has 0 amide bonds. The molecule has 1 aromatic rings. The van der Waals surface area contributed by atoms with Crippen LogP contribution in [0.15, 0.2) is 22.7 Å². The average Bonchev–Trinajstić information content (AvgIpc) is 2.37. The van der Waals surface area contributed by atoms with Gasteiger partial charge in [0.15, 0.2) is 0 Å². The number of carbonyl (C=O) groups is 1. The van der Waals surface area contributed by atoms with Crippen molar-refractivity contribution in [2.24, 2.45) is 5.73 Å². The topological polar surface area (TPSA) is 95.5 Å². The Bertz CT molecular complexity index is 503. The molecule has 9 heteroatoms. The standard InChI is InChI=1S/C11H12BrFN2O4.ClH/c1-2-19-11(16)9(13)10(14)6-3-4-7(12)8(5-6)15(17)18;/h3-5,9-10H,2,14H2,1H3;1H/t9?,10-;/m0./s1. The van der Waals surface area contributed by atoms with Gasteiger partial charge < -0.3 is 10.5 Å². The van der Waals surface area contributed by atoms with E-state index in [4.69, 9.17) is 5.73 Å². The van der Waals surface area contributed by atoms with Crippen LogP contribution in [0, 0.1) is 10.1 Å². The van der Waals surface area contributed by atoms with E-state index in [1.807, 2.05) is 0 Å². The number of alkyl halides is 1. The Balaban J connectivity index is 0.00000361. The number of esters is 1. The molecule has 0 aliphatic carbocycles. The Kier molecular flexibility index (Phi) is 7.62. The number of rotatable bonds is 5. The van der Waals surface area contributed by atoms with Crippen LogP contribution in [0.25, 0.3) is 0 Å². The lowest BCUT2D eigenvalue weighted by Crippen LogP contribution is -2.31. The van der Waals surface area contributed by atoms with Crippen molar-refractivity contribution in [3.63, 3.8) is 0 Å². The molecule has 1 unspecified atom stereocenters. The lowest BCUT2D eigenvalue weighted by Gasteiger charge is -2.15. The Morgan fingerprint density at radius 2 is 2.20 bits per heavy atom. The van der Waals surface area contributed by atoms with Crippen LogP contribution in [0.2, 0.25) is 0 Å². The van der Waals surface area contributed by atoms with Crippen molar-refractivity contribution >= 4 is 40.0 Å². The third kappa shape index (κ3) is 4.39. The Hall–Kier alpha value is -1.25. The fourth-order valence-corrected chi connectivity index (χ4v) is 1.81. The molecule has 112 valence electrons. The molecule has 0 saturated heterocycles. The molecule has 0 bridgehead atoms. The Morgan fingerprint density at radius 3 is 2.70 bits per heavy atom. The minimum Gasteiger partial charge on any atom is -0.464 e. The van der Waals surface area contributed by atoms with Crippen LogP contribution in [0.1, 0.15) is 18.5 Å². The molecule has 2 N–H and O–H groups in total. The first-order valence-electron chi connectivity index (χ1n) is 5.38. The van der Waals surface area contributed by atoms with Crippen LogP contribution >= 0.6 is 28.3 Å². The van der Waals surface area contributed by atoms with Crippen LogP contribution in [-0.4, -0.2) is 23.7 Å². The second kappa shape index (κ2) is 8.13. The second-order valence-electron chi connectivity index (χ2n) is 3.65. The van der Waals surface area contributed by atoms with Gasteiger partial charge in [0.25, 0.3) is 5.69 Å². The van der Waals surface area contributed by atoms with E-state index in [2.05, 4.69) is 20.7 Å². The zero-order chi connectivity index (χ0) is 14.6. The summed E-state index contributed by atoms with van der Waals surface area (Å²) in [5.74, 6) is -1.08. The monoisotopic (exact) mass is 370 g/mol. The Morgan fingerprint density at radius 1 is 1.60 bits per heavy atom. The van der Waals surface area contributed by atoms with Crippen molar-refractivity contribution < 1.29 is 18.8 Å². The predicted octanol–water partition coefficient (Wildman–Crippen LogP) is 2.68. The SMILES string of the molecule is CCOC(=O)C(F)[C@@H](N)c1ccc(Br)c([N+](=O)[O-])c1.Cl. The highest BCUT2D eigenvalue weighted by Crippen LogP contribution is 2.29. The van der Waals surface area contributed by atoms with E-state index in [9.17, 15) is 19.3 Å². The van der Waals surface area contributed by atoms with E-state index in [1.165, 1.54) is 12.1 Å². The molecule has 6 nitrogen and oxygen atoms in total. The lowest BCUT2D eigenvalue weighted by molar-refractivity contribution is -0.385. The maximum absolute atomic E-state index is 13.7. The van der Waals surface area contributed by atoms with E-state index in [0.717, 1.165) is 6.07 Å². The number of nitrogens with two attached hydrogens (primary N) is 1. The molecule has 0 fully saturated rings. The summed E-state index contributed by atoms with van der Waals surface area (Å²) >= 11 is 3.00. The summed E-state index contributed by atoms with van der Waals surface area (Å²) in [5, 5.41) is 10.8. The van der Waals surface area contributed by atoms with E-state index in [-0.39, 0.29) is 34.7 Å². The van der Waals surface area contributed by atoms with Crippen LogP contribution < -0.4 is 5.73 Å². The molecular formula is C11H13BrClFN2O4. The fourth-order valence-electron chi connectivity index (χ4n) is 1.41. The van der Waals surface area contributed by atoms with Gasteiger partial charge in [-0.1, -0.05) is 6.07 Å². The normalized spacial score (nSPS) is 13.0. The van der Waals surface area contributed by atoms with Gasteiger partial charge in [-0.05, 0) is 34.5 Å². The first-order valence-corrected chi connectivity index (χ1v) is 6.18. The molecule has 20 heavy (non-hydrogen) atoms. The summed E-state index contributed by atoms with van der Waals surface area (Å²) < 4.78 is 18.5. The highest BCUT2D eigenvalue weighted by Gasteiger charge is 2.29. The molecule has 0 aliphatic heterocycles. The highest BCUT2D eigenvalue weighted by molar-refractivity contribution is 9.10. The van der Waals surface area contributed by atoms with Gasteiger partial charge in [-0.15, -0.1) is 12.4 Å². The summed E-state index contributed by atoms with van der Waals surface area (Å²) in [7, 11) is 0. The molecule has 0 radical (unpaired) electrons. The van der Waals surface area contributed by atoms with E-state index in [0.29, 0.717) is 0 Å². The molecule has 2 atom stereocenters. The van der Waals surface area contributed by atoms with Gasteiger partial charge in [0.05, 0.1) is 22.0 Å². The third-order valence-electron chi connectivity index (χ3n) is 2.38. The van der Waals surface area contributed by atoms with Crippen molar-refractivity contribution in [1.29, 1.82) is 0 Å². The van der Waals surface area contributed by atoms with Crippen LogP contribution in [0.5, 0.6) is 0 Å². The molecule has 0 aromatic heterocycles. The summed E-state index contributed by atoms with van der Waals surface area (Å²) in [6, 6.07) is 2.60. The summed E-state index contributed by atoms with van der Waals surface area (Å²) in [6.45, 7) is 1.58. The number of carbonyl (C=O) groups excluding carboxylic acids is 1. The largest absolute Gasteiger partial charge is 0.464 e. The van der Waals surface area contributed by atoms with Crippen molar-refractivity contribution in [3.05, 3.63) is 38.3 Å². The van der Waals surface area contributed by atoms with E-state index < -0.39 is 23.1 Å². The average molecular weight is 372 g/mol. The number of nitro groups is 1. The van der Waals surface area contributed by atoms with E-state index >= 15 is 0 Å². The molecule has 0 spiro atoms. The zero-order valence-corrected chi connectivity index (χ0v) is 12.8. The maximum atomic E-state index is 13.7. The first-order chi connectivity index (χ1) is 8.88. The van der Waals surface area contributed by atoms with Gasteiger partial charge in [0, 0.05) is 6.07 Å². The Labute approximate surface area is 129 Å². The zero-order valence-electron chi connectivity index (χ0n) is 10.4. The smallest absolute Gasteiger partial charge is 0.342 e. The predicted molar refractivity (Wildman–Crippen MR) is 76.5 cm³/mol. The van der Waals surface area contributed by atoms with Gasteiger partial charge in [-0.25, -0.2) is 9.18 Å². The lowest BCUT2D eigenvalue weighted by atomic mass is 10.0. The summed E-state index contributed by atoms with van der Waals surface area (Å²) in [6.07, 6.45) is -2.07. The molecule has 1 aromatic carbocycles. The minimum atomic E-state index is -2.07. The van der Waals surface area contributed by atoms with Gasteiger partial charge in [0.2, 0.25) is 6.17 Å². The molecular weight excluding hydrogens is 358 g/mol. The van der Waals surface area contributed by atoms with Crippen LogP contribution in [-0.2, 0) is 9.53 Å². The molecule has 1 rings (SSSR count). The second-order valence-corrected chi connectivity index (χ2v) is 4.50. The summed E-state index contributed by atoms with van der Waals surface area (Å²) in [5.41, 5.74) is 5.48. The quantitative estimate of drug-likeness (QED) is 0.488. The van der Waals surface area contributed by atoms with E-state index in [1.54, 1.807) is 6.92 Å². The van der Waals surface area contributed by atoms with Gasteiger partial charge in [-0.2, -0.15) is 0 Å². The maximum Gasteiger partial charge on any atom is 0.342 e. The van der Waals surface area contributed by atoms with Gasteiger partial charge in [0.1, 0.15) is 0 Å². The highest BCUT2D eigenvalue weighted by atomic mass is 79.9. The number of benzene rings is 1. The van der Waals surface area contributed by atoms with Crippen LogP contribution in [0.4, 0.5) is 10.1 Å². The number of nitrogens with zero attached hydrogens (tertiary/aromatic N) is 1. The number of nitro benzene ring substituents is 1. The van der Waals surface area contributed by atoms with Crippen molar-refractivity contribution in [2.45, 2.75) is 19.1 Å². The molecule has 0 heterocycles. The van der Waals surface area contributed by atoms with Crippen molar-refractivity contribution in [2.75, 3.05) is 6.61 Å². The first kappa shape index (κ1) is 18.8. The van der Waals surface area contributed by atoms with Crippen LogP contribution in [0.3, 0.4) is 0 Å². The number of halogens is 3. The fraction of sp³-hybridized carbons (Fsp3) is 0.364.